The van der Waals surface area contributed by atoms with Crippen LogP contribution in [0.15, 0.2) is 40.5 Å². The highest BCUT2D eigenvalue weighted by atomic mass is 16.5. The number of methoxy groups -OCH3 is 3. The lowest BCUT2D eigenvalue weighted by atomic mass is 9.69. The van der Waals surface area contributed by atoms with E-state index in [4.69, 9.17) is 14.2 Å². The summed E-state index contributed by atoms with van der Waals surface area (Å²) < 4.78 is 15.3. The van der Waals surface area contributed by atoms with E-state index in [0.29, 0.717) is 0 Å². The summed E-state index contributed by atoms with van der Waals surface area (Å²) in [5.41, 5.74) is -0.730. The number of fused-ring (bicyclic) bond motifs is 1. The molecule has 0 saturated carbocycles. The molecule has 1 fully saturated rings. The van der Waals surface area contributed by atoms with Gasteiger partial charge in [0.1, 0.15) is 11.9 Å². The number of aliphatic imine (C=N–C) groups is 1. The van der Waals surface area contributed by atoms with Gasteiger partial charge in [-0.05, 0) is 45.7 Å². The Hall–Kier alpha value is -4.33. The van der Waals surface area contributed by atoms with E-state index in [1.807, 2.05) is 29.2 Å². The molecule has 4 rings (SSSR count). The van der Waals surface area contributed by atoms with Gasteiger partial charge in [0.25, 0.3) is 0 Å². The maximum absolute atomic E-state index is 13.8. The first-order valence-electron chi connectivity index (χ1n) is 12.4. The van der Waals surface area contributed by atoms with Gasteiger partial charge in [-0.2, -0.15) is 0 Å². The topological polar surface area (TPSA) is 127 Å². The van der Waals surface area contributed by atoms with Crippen LogP contribution in [-0.4, -0.2) is 80.2 Å². The molecule has 11 heteroatoms. The number of rotatable bonds is 4. The van der Waals surface area contributed by atoms with E-state index in [2.05, 4.69) is 22.2 Å². The zero-order valence-electron chi connectivity index (χ0n) is 23.1. The molecule has 3 aliphatic rings. The number of benzene rings is 1. The van der Waals surface area contributed by atoms with E-state index in [0.717, 1.165) is 11.3 Å². The van der Waals surface area contributed by atoms with Gasteiger partial charge in [0.2, 0.25) is 0 Å². The van der Waals surface area contributed by atoms with Crippen LogP contribution in [0.5, 0.6) is 0 Å². The molecule has 0 unspecified atom stereocenters. The molecule has 2 amide bonds. The Bertz CT molecular complexity index is 1360. The lowest BCUT2D eigenvalue weighted by molar-refractivity contribution is -0.144. The molecule has 206 valence electrons. The Kier molecular flexibility index (Phi) is 7.17. The summed E-state index contributed by atoms with van der Waals surface area (Å²) in [4.78, 5) is 61.2. The largest absolute Gasteiger partial charge is 0.467 e. The van der Waals surface area contributed by atoms with Gasteiger partial charge in [-0.3, -0.25) is 4.90 Å². The molecule has 1 aromatic carbocycles. The number of ether oxygens (including phenoxy) is 3. The SMILES string of the molecule is CC#CCN1c2ccccc2[C@]23C[C@@H](C(=O)OC)N(C(=O)NC(C)(C)C)C2=NC(C(=O)OC)=C(C(=O)OC)[C@H]13. The third-order valence-electron chi connectivity index (χ3n) is 7.06. The molecule has 3 heterocycles. The van der Waals surface area contributed by atoms with Crippen LogP contribution in [0.4, 0.5) is 10.5 Å². The molecule has 3 aliphatic heterocycles. The molecule has 0 aliphatic carbocycles. The quantitative estimate of drug-likeness (QED) is 0.351. The maximum atomic E-state index is 13.8. The summed E-state index contributed by atoms with van der Waals surface area (Å²) in [6.07, 6.45) is 0.0444. The number of nitrogens with one attached hydrogen (secondary N) is 1. The lowest BCUT2D eigenvalue weighted by Crippen LogP contribution is -2.58. The lowest BCUT2D eigenvalue weighted by Gasteiger charge is -2.40. The molecule has 0 radical (unpaired) electrons. The number of amides is 2. The van der Waals surface area contributed by atoms with Crippen molar-refractivity contribution in [3.05, 3.63) is 41.1 Å². The van der Waals surface area contributed by atoms with E-state index in [-0.39, 0.29) is 30.1 Å². The van der Waals surface area contributed by atoms with Crippen molar-refractivity contribution in [1.29, 1.82) is 0 Å². The molecule has 1 saturated heterocycles. The Morgan fingerprint density at radius 1 is 1.08 bits per heavy atom. The number of carbonyl (C=O) groups is 4. The van der Waals surface area contributed by atoms with E-state index in [1.165, 1.54) is 26.2 Å². The number of amidine groups is 1. The first-order chi connectivity index (χ1) is 18.5. The van der Waals surface area contributed by atoms with Crippen LogP contribution in [0.3, 0.4) is 0 Å². The van der Waals surface area contributed by atoms with Gasteiger partial charge < -0.3 is 24.4 Å². The summed E-state index contributed by atoms with van der Waals surface area (Å²) in [5.74, 6) is 3.74. The summed E-state index contributed by atoms with van der Waals surface area (Å²) in [6, 6.07) is 4.84. The van der Waals surface area contributed by atoms with E-state index >= 15 is 0 Å². The van der Waals surface area contributed by atoms with Crippen LogP contribution < -0.4 is 10.2 Å². The number of hydrogen-bond donors (Lipinski definition) is 1. The van der Waals surface area contributed by atoms with Gasteiger partial charge in [0, 0.05) is 11.2 Å². The standard InChI is InChI=1S/C28H32N4O7/c1-8-9-14-31-17-13-11-10-12-16(17)28-15-18(22(33)37-5)32(26(36)30-27(2,3)4)25(28)29-20(24(35)39-7)19(21(28)31)23(34)38-6/h10-13,18,21H,14-15H2,1-7H3,(H,30,36)/t18-,21-,28-/m0/s1. The third kappa shape index (κ3) is 4.30. The minimum absolute atomic E-state index is 0.0381. The number of likely N-dealkylation sites (tertiary alicyclic amines) is 1. The molecule has 11 nitrogen and oxygen atoms in total. The van der Waals surface area contributed by atoms with Gasteiger partial charge in [-0.1, -0.05) is 24.1 Å². The van der Waals surface area contributed by atoms with Gasteiger partial charge in [-0.15, -0.1) is 5.92 Å². The van der Waals surface area contributed by atoms with Crippen molar-refractivity contribution in [2.45, 2.75) is 57.2 Å². The Morgan fingerprint density at radius 2 is 1.74 bits per heavy atom. The van der Waals surface area contributed by atoms with Crippen LogP contribution in [0.25, 0.3) is 0 Å². The molecule has 1 N–H and O–H groups in total. The molecule has 1 spiro atoms. The van der Waals surface area contributed by atoms with Crippen LogP contribution in [-0.2, 0) is 34.0 Å². The molecule has 0 bridgehead atoms. The van der Waals surface area contributed by atoms with Crippen LogP contribution >= 0.6 is 0 Å². The fourth-order valence-electron chi connectivity index (χ4n) is 5.67. The second-order valence-electron chi connectivity index (χ2n) is 10.4. The Morgan fingerprint density at radius 3 is 2.33 bits per heavy atom. The molecule has 39 heavy (non-hydrogen) atoms. The van der Waals surface area contributed by atoms with Crippen molar-refractivity contribution in [3.63, 3.8) is 0 Å². The van der Waals surface area contributed by atoms with Gasteiger partial charge in [0.15, 0.2) is 5.70 Å². The molecule has 1 aromatic rings. The Labute approximate surface area is 227 Å². The number of urea groups is 1. The van der Waals surface area contributed by atoms with Crippen molar-refractivity contribution in [2.75, 3.05) is 32.8 Å². The number of para-hydroxylation sites is 1. The van der Waals surface area contributed by atoms with Crippen LogP contribution in [0, 0.1) is 11.8 Å². The summed E-state index contributed by atoms with van der Waals surface area (Å²) in [7, 11) is 3.63. The van der Waals surface area contributed by atoms with Gasteiger partial charge in [0.05, 0.1) is 44.9 Å². The minimum Gasteiger partial charge on any atom is -0.467 e. The first kappa shape index (κ1) is 27.7. The predicted octanol–water partition coefficient (Wildman–Crippen LogP) is 1.90. The monoisotopic (exact) mass is 536 g/mol. The van der Waals surface area contributed by atoms with Crippen LogP contribution in [0.2, 0.25) is 0 Å². The maximum Gasteiger partial charge on any atom is 0.357 e. The number of esters is 3. The second-order valence-corrected chi connectivity index (χ2v) is 10.4. The summed E-state index contributed by atoms with van der Waals surface area (Å²) in [6.45, 7) is 7.31. The average molecular weight is 537 g/mol. The third-order valence-corrected chi connectivity index (χ3v) is 7.06. The molecular weight excluding hydrogens is 504 g/mol. The summed E-state index contributed by atoms with van der Waals surface area (Å²) >= 11 is 0. The van der Waals surface area contributed by atoms with Crippen molar-refractivity contribution in [3.8, 4) is 11.8 Å². The predicted molar refractivity (Wildman–Crippen MR) is 142 cm³/mol. The van der Waals surface area contributed by atoms with Crippen molar-refractivity contribution < 1.29 is 33.4 Å². The molecule has 0 aromatic heterocycles. The van der Waals surface area contributed by atoms with E-state index in [1.54, 1.807) is 27.7 Å². The minimum atomic E-state index is -1.19. The van der Waals surface area contributed by atoms with Crippen molar-refractivity contribution in [1.82, 2.24) is 10.2 Å². The summed E-state index contributed by atoms with van der Waals surface area (Å²) in [5, 5.41) is 2.89. The van der Waals surface area contributed by atoms with E-state index in [9.17, 15) is 19.2 Å². The molecular formula is C28H32N4O7. The van der Waals surface area contributed by atoms with Crippen LogP contribution in [0.1, 0.15) is 39.7 Å². The fraction of sp³-hybridized carbons (Fsp3) is 0.464. The average Bonchev–Trinajstić information content (AvgIpc) is 3.40. The number of hydrogen-bond acceptors (Lipinski definition) is 9. The molecule has 3 atom stereocenters. The van der Waals surface area contributed by atoms with Crippen molar-refractivity contribution >= 4 is 35.5 Å². The number of nitrogens with zero attached hydrogens (tertiary/aromatic N) is 3. The highest BCUT2D eigenvalue weighted by molar-refractivity contribution is 6.17. The number of carbonyl (C=O) groups excluding carboxylic acids is 4. The van der Waals surface area contributed by atoms with Crippen molar-refractivity contribution in [2.24, 2.45) is 4.99 Å². The van der Waals surface area contributed by atoms with Gasteiger partial charge >= 0.3 is 23.9 Å². The second kappa shape index (κ2) is 10.1. The fourth-order valence-corrected chi connectivity index (χ4v) is 5.67. The first-order valence-corrected chi connectivity index (χ1v) is 12.4. The Balaban J connectivity index is 2.11. The van der Waals surface area contributed by atoms with Gasteiger partial charge in [-0.25, -0.2) is 24.2 Å². The number of anilines is 1. The zero-order valence-corrected chi connectivity index (χ0v) is 23.1. The smallest absolute Gasteiger partial charge is 0.357 e. The normalized spacial score (nSPS) is 23.0. The van der Waals surface area contributed by atoms with E-state index < -0.39 is 47.0 Å². The highest BCUT2D eigenvalue weighted by Gasteiger charge is 2.68. The highest BCUT2D eigenvalue weighted by Crippen LogP contribution is 2.57. The zero-order chi connectivity index (χ0) is 28.7.